The Balaban J connectivity index is 1.60. The number of ketones is 1. The van der Waals surface area contributed by atoms with Crippen LogP contribution >= 0.6 is 0 Å². The van der Waals surface area contributed by atoms with E-state index in [1.54, 1.807) is 27.9 Å². The van der Waals surface area contributed by atoms with Gasteiger partial charge in [-0.2, -0.15) is 5.10 Å². The number of amides is 1. The molecule has 0 saturated carbocycles. The maximum Gasteiger partial charge on any atom is 0.224 e. The highest BCUT2D eigenvalue weighted by molar-refractivity contribution is 5.96. The summed E-state index contributed by atoms with van der Waals surface area (Å²) in [6.07, 6.45) is 4.36. The molecule has 2 heterocycles. The van der Waals surface area contributed by atoms with Crippen molar-refractivity contribution in [3.8, 4) is 0 Å². The van der Waals surface area contributed by atoms with Gasteiger partial charge in [0.1, 0.15) is 0 Å². The molecule has 1 aliphatic rings. The fourth-order valence-electron chi connectivity index (χ4n) is 3.05. The molecule has 1 amide bonds. The molecule has 6 heteroatoms. The van der Waals surface area contributed by atoms with Crippen LogP contribution in [-0.2, 0) is 16.1 Å². The monoisotopic (exact) mass is 341 g/mol. The standard InChI is InChI=1S/C19H23N3O3/c1-15-12-20-21(13-15)8-7-19(24)22-9-10-25-14-17(22)11-18(23)16-5-3-2-4-6-16/h2-6,12-13,17H,7-11,14H2,1H3/t17-/m0/s1. The number of aromatic nitrogens is 2. The molecule has 0 unspecified atom stereocenters. The molecule has 2 aromatic rings. The van der Waals surface area contributed by atoms with E-state index in [0.717, 1.165) is 5.56 Å². The first-order valence-electron chi connectivity index (χ1n) is 8.58. The van der Waals surface area contributed by atoms with Gasteiger partial charge < -0.3 is 9.64 Å². The summed E-state index contributed by atoms with van der Waals surface area (Å²) in [4.78, 5) is 26.9. The smallest absolute Gasteiger partial charge is 0.224 e. The number of hydrogen-bond donors (Lipinski definition) is 0. The second-order valence-electron chi connectivity index (χ2n) is 6.34. The highest BCUT2D eigenvalue weighted by Gasteiger charge is 2.29. The Morgan fingerprint density at radius 2 is 2.08 bits per heavy atom. The van der Waals surface area contributed by atoms with Crippen molar-refractivity contribution in [1.29, 1.82) is 0 Å². The first kappa shape index (κ1) is 17.4. The molecule has 3 rings (SSSR count). The van der Waals surface area contributed by atoms with Gasteiger partial charge in [0.05, 0.1) is 25.5 Å². The van der Waals surface area contributed by atoms with E-state index < -0.39 is 0 Å². The van der Waals surface area contributed by atoms with Crippen LogP contribution in [0, 0.1) is 6.92 Å². The van der Waals surface area contributed by atoms with Crippen molar-refractivity contribution in [2.24, 2.45) is 0 Å². The number of hydrogen-bond acceptors (Lipinski definition) is 4. The summed E-state index contributed by atoms with van der Waals surface area (Å²) in [7, 11) is 0. The highest BCUT2D eigenvalue weighted by Crippen LogP contribution is 2.16. The van der Waals surface area contributed by atoms with Gasteiger partial charge in [-0.3, -0.25) is 14.3 Å². The van der Waals surface area contributed by atoms with Crippen LogP contribution in [0.4, 0.5) is 0 Å². The molecule has 1 aliphatic heterocycles. The van der Waals surface area contributed by atoms with E-state index in [2.05, 4.69) is 5.10 Å². The fourth-order valence-corrected chi connectivity index (χ4v) is 3.05. The Bertz CT molecular complexity index is 727. The van der Waals surface area contributed by atoms with E-state index in [1.807, 2.05) is 31.3 Å². The van der Waals surface area contributed by atoms with Gasteiger partial charge in [-0.05, 0) is 12.5 Å². The van der Waals surface area contributed by atoms with Crippen molar-refractivity contribution >= 4 is 11.7 Å². The first-order valence-corrected chi connectivity index (χ1v) is 8.58. The Morgan fingerprint density at radius 3 is 2.80 bits per heavy atom. The predicted molar refractivity (Wildman–Crippen MR) is 93.3 cm³/mol. The number of aryl methyl sites for hydroxylation is 2. The van der Waals surface area contributed by atoms with Crippen molar-refractivity contribution in [2.75, 3.05) is 19.8 Å². The number of carbonyl (C=O) groups is 2. The maximum atomic E-state index is 12.6. The van der Waals surface area contributed by atoms with E-state index in [4.69, 9.17) is 4.74 Å². The lowest BCUT2D eigenvalue weighted by atomic mass is 10.0. The second kappa shape index (κ2) is 8.07. The predicted octanol–water partition coefficient (Wildman–Crippen LogP) is 2.08. The highest BCUT2D eigenvalue weighted by atomic mass is 16.5. The minimum Gasteiger partial charge on any atom is -0.377 e. The third-order valence-electron chi connectivity index (χ3n) is 4.38. The summed E-state index contributed by atoms with van der Waals surface area (Å²) in [6.45, 7) is 3.97. The van der Waals surface area contributed by atoms with Crippen molar-refractivity contribution < 1.29 is 14.3 Å². The normalized spacial score (nSPS) is 17.5. The molecule has 132 valence electrons. The third-order valence-corrected chi connectivity index (χ3v) is 4.38. The number of morpholine rings is 1. The van der Waals surface area contributed by atoms with E-state index in [-0.39, 0.29) is 24.2 Å². The number of carbonyl (C=O) groups excluding carboxylic acids is 2. The zero-order chi connectivity index (χ0) is 17.6. The molecule has 25 heavy (non-hydrogen) atoms. The molecule has 0 spiro atoms. The van der Waals surface area contributed by atoms with Crippen molar-refractivity contribution in [1.82, 2.24) is 14.7 Å². The number of Topliss-reactive ketones (excluding diaryl/α,β-unsaturated/α-hetero) is 1. The number of ether oxygens (including phenoxy) is 1. The van der Waals surface area contributed by atoms with Crippen molar-refractivity contribution in [3.63, 3.8) is 0 Å². The molecule has 1 aromatic heterocycles. The Morgan fingerprint density at radius 1 is 1.28 bits per heavy atom. The van der Waals surface area contributed by atoms with E-state index in [0.29, 0.717) is 38.3 Å². The third kappa shape index (κ3) is 4.54. The summed E-state index contributed by atoms with van der Waals surface area (Å²) in [5, 5.41) is 4.21. The van der Waals surface area contributed by atoms with Gasteiger partial charge in [-0.15, -0.1) is 0 Å². The van der Waals surface area contributed by atoms with Gasteiger partial charge >= 0.3 is 0 Å². The van der Waals surface area contributed by atoms with Crippen molar-refractivity contribution in [2.45, 2.75) is 32.4 Å². The molecule has 1 fully saturated rings. The van der Waals surface area contributed by atoms with Gasteiger partial charge in [0.25, 0.3) is 0 Å². The average Bonchev–Trinajstić information content (AvgIpc) is 3.06. The van der Waals surface area contributed by atoms with Crippen LogP contribution in [0.3, 0.4) is 0 Å². The van der Waals surface area contributed by atoms with Gasteiger partial charge in [0.15, 0.2) is 5.78 Å². The van der Waals surface area contributed by atoms with Crippen LogP contribution in [0.15, 0.2) is 42.7 Å². The molecule has 1 aromatic carbocycles. The van der Waals surface area contributed by atoms with E-state index >= 15 is 0 Å². The number of benzene rings is 1. The van der Waals surface area contributed by atoms with E-state index in [9.17, 15) is 9.59 Å². The Labute approximate surface area is 147 Å². The fraction of sp³-hybridized carbons (Fsp3) is 0.421. The quantitative estimate of drug-likeness (QED) is 0.755. The summed E-state index contributed by atoms with van der Waals surface area (Å²) in [5.74, 6) is 0.0823. The lowest BCUT2D eigenvalue weighted by Crippen LogP contribution is -2.49. The van der Waals surface area contributed by atoms with Gasteiger partial charge in [-0.1, -0.05) is 30.3 Å². The molecule has 0 radical (unpaired) electrons. The van der Waals surface area contributed by atoms with Crippen LogP contribution in [-0.4, -0.2) is 52.2 Å². The molecule has 1 atom stereocenters. The van der Waals surface area contributed by atoms with E-state index in [1.165, 1.54) is 0 Å². The topological polar surface area (TPSA) is 64.4 Å². The number of nitrogens with zero attached hydrogens (tertiary/aromatic N) is 3. The number of rotatable bonds is 6. The summed E-state index contributed by atoms with van der Waals surface area (Å²) >= 11 is 0. The van der Waals surface area contributed by atoms with Crippen LogP contribution in [0.5, 0.6) is 0 Å². The second-order valence-corrected chi connectivity index (χ2v) is 6.34. The largest absolute Gasteiger partial charge is 0.377 e. The Kier molecular flexibility index (Phi) is 5.60. The first-order chi connectivity index (χ1) is 12.1. The maximum absolute atomic E-state index is 12.6. The summed E-state index contributed by atoms with van der Waals surface area (Å²) in [5.41, 5.74) is 1.75. The summed E-state index contributed by atoms with van der Waals surface area (Å²) < 4.78 is 7.28. The van der Waals surface area contributed by atoms with Gasteiger partial charge in [0.2, 0.25) is 5.91 Å². The minimum absolute atomic E-state index is 0.0385. The van der Waals surface area contributed by atoms with Crippen LogP contribution in [0.1, 0.15) is 28.8 Å². The molecule has 0 bridgehead atoms. The minimum atomic E-state index is -0.201. The molecule has 0 N–H and O–H groups in total. The lowest BCUT2D eigenvalue weighted by molar-refractivity contribution is -0.139. The molecule has 0 aliphatic carbocycles. The van der Waals surface area contributed by atoms with Crippen LogP contribution < -0.4 is 0 Å². The zero-order valence-electron chi connectivity index (χ0n) is 14.4. The van der Waals surface area contributed by atoms with Crippen LogP contribution in [0.25, 0.3) is 0 Å². The van der Waals surface area contributed by atoms with Gasteiger partial charge in [-0.25, -0.2) is 0 Å². The molecular weight excluding hydrogens is 318 g/mol. The SMILES string of the molecule is Cc1cnn(CCC(=O)N2CCOC[C@@H]2CC(=O)c2ccccc2)c1. The van der Waals surface area contributed by atoms with Gasteiger partial charge in [0, 0.05) is 37.7 Å². The average molecular weight is 341 g/mol. The molecule has 6 nitrogen and oxygen atoms in total. The lowest BCUT2D eigenvalue weighted by Gasteiger charge is -2.35. The van der Waals surface area contributed by atoms with Crippen LogP contribution in [0.2, 0.25) is 0 Å². The summed E-state index contributed by atoms with van der Waals surface area (Å²) in [6, 6.07) is 8.98. The zero-order valence-corrected chi connectivity index (χ0v) is 14.4. The molecule has 1 saturated heterocycles. The molecular formula is C19H23N3O3. The Hall–Kier alpha value is -2.47. The van der Waals surface area contributed by atoms with Crippen molar-refractivity contribution in [3.05, 3.63) is 53.9 Å².